The van der Waals surface area contributed by atoms with Gasteiger partial charge in [0.15, 0.2) is 0 Å². The second-order valence-corrected chi connectivity index (χ2v) is 7.80. The fourth-order valence-electron chi connectivity index (χ4n) is 4.17. The summed E-state index contributed by atoms with van der Waals surface area (Å²) in [6, 6.07) is 9.80. The molecule has 2 aliphatic heterocycles. The van der Waals surface area contributed by atoms with E-state index < -0.39 is 0 Å². The maximum atomic E-state index is 13.3. The lowest BCUT2D eigenvalue weighted by molar-refractivity contribution is -0.139. The molecule has 2 aromatic rings. The normalized spacial score (nSPS) is 21.1. The van der Waals surface area contributed by atoms with Crippen molar-refractivity contribution < 1.29 is 13.9 Å². The number of furan rings is 1. The first-order valence-corrected chi connectivity index (χ1v) is 10.3. The van der Waals surface area contributed by atoms with E-state index >= 15 is 0 Å². The molecule has 2 aromatic heterocycles. The number of ether oxygens (including phenoxy) is 1. The summed E-state index contributed by atoms with van der Waals surface area (Å²) in [5.41, 5.74) is 0.934. The minimum Gasteiger partial charge on any atom is -0.468 e. The molecule has 1 atom stereocenters. The van der Waals surface area contributed by atoms with Gasteiger partial charge in [0.05, 0.1) is 31.2 Å². The number of hydrogen-bond acceptors (Lipinski definition) is 5. The third kappa shape index (κ3) is 5.00. The Balaban J connectivity index is 1.36. The molecule has 6 heteroatoms. The third-order valence-electron chi connectivity index (χ3n) is 5.74. The quantitative estimate of drug-likeness (QED) is 0.735. The average Bonchev–Trinajstić information content (AvgIpc) is 3.43. The molecular formula is C22H29N3O3. The molecule has 28 heavy (non-hydrogen) atoms. The van der Waals surface area contributed by atoms with Gasteiger partial charge in [0.2, 0.25) is 5.91 Å². The molecule has 0 N–H and O–H groups in total. The Morgan fingerprint density at radius 3 is 2.75 bits per heavy atom. The lowest BCUT2D eigenvalue weighted by Gasteiger charge is -2.34. The Hall–Kier alpha value is -2.18. The van der Waals surface area contributed by atoms with Gasteiger partial charge in [0.25, 0.3) is 0 Å². The molecule has 1 amide bonds. The smallest absolute Gasteiger partial charge is 0.226 e. The van der Waals surface area contributed by atoms with Crippen LogP contribution in [0.5, 0.6) is 0 Å². The standard InChI is InChI=1S/C22H29N3O3/c26-22(18-8-11-24(12-9-18)16-20-6-3-13-27-20)25(17-21-7-4-14-28-21)15-19-5-1-2-10-23-19/h1-3,5-6,10,13,18,21H,4,7-9,11-12,14-17H2/t21-/m0/s1. The highest BCUT2D eigenvalue weighted by molar-refractivity contribution is 5.79. The van der Waals surface area contributed by atoms with Gasteiger partial charge in [-0.1, -0.05) is 6.07 Å². The Kier molecular flexibility index (Phi) is 6.39. The molecule has 0 radical (unpaired) electrons. The summed E-state index contributed by atoms with van der Waals surface area (Å²) >= 11 is 0. The van der Waals surface area contributed by atoms with Gasteiger partial charge in [-0.25, -0.2) is 0 Å². The first-order valence-electron chi connectivity index (χ1n) is 10.3. The van der Waals surface area contributed by atoms with Crippen LogP contribution in [0, 0.1) is 5.92 Å². The third-order valence-corrected chi connectivity index (χ3v) is 5.74. The number of rotatable bonds is 7. The van der Waals surface area contributed by atoms with Gasteiger partial charge < -0.3 is 14.1 Å². The van der Waals surface area contributed by atoms with E-state index in [2.05, 4.69) is 9.88 Å². The van der Waals surface area contributed by atoms with Crippen LogP contribution in [0.2, 0.25) is 0 Å². The zero-order valence-corrected chi connectivity index (χ0v) is 16.3. The van der Waals surface area contributed by atoms with Crippen molar-refractivity contribution in [1.82, 2.24) is 14.8 Å². The minimum absolute atomic E-state index is 0.0815. The zero-order valence-electron chi connectivity index (χ0n) is 16.3. The van der Waals surface area contributed by atoms with E-state index in [9.17, 15) is 4.79 Å². The van der Waals surface area contributed by atoms with Crippen molar-refractivity contribution in [2.45, 2.75) is 44.9 Å². The fraction of sp³-hybridized carbons (Fsp3) is 0.545. The van der Waals surface area contributed by atoms with Gasteiger partial charge in [0.1, 0.15) is 5.76 Å². The minimum atomic E-state index is 0.0815. The van der Waals surface area contributed by atoms with Gasteiger partial charge in [-0.15, -0.1) is 0 Å². The van der Waals surface area contributed by atoms with E-state index in [1.165, 1.54) is 0 Å². The Bertz CT molecular complexity index is 721. The van der Waals surface area contributed by atoms with Crippen molar-refractivity contribution in [3.63, 3.8) is 0 Å². The Morgan fingerprint density at radius 1 is 1.18 bits per heavy atom. The fourth-order valence-corrected chi connectivity index (χ4v) is 4.17. The van der Waals surface area contributed by atoms with Crippen LogP contribution in [0.15, 0.2) is 47.2 Å². The van der Waals surface area contributed by atoms with Gasteiger partial charge in [0, 0.05) is 25.3 Å². The topological polar surface area (TPSA) is 58.8 Å². The van der Waals surface area contributed by atoms with Crippen LogP contribution in [0.1, 0.15) is 37.1 Å². The van der Waals surface area contributed by atoms with Crippen LogP contribution in [0.3, 0.4) is 0 Å². The number of aromatic nitrogens is 1. The molecular weight excluding hydrogens is 354 g/mol. The Morgan fingerprint density at radius 2 is 2.07 bits per heavy atom. The number of carbonyl (C=O) groups is 1. The van der Waals surface area contributed by atoms with Gasteiger partial charge in [-0.05, 0) is 63.0 Å². The van der Waals surface area contributed by atoms with Crippen molar-refractivity contribution >= 4 is 5.91 Å². The molecule has 4 rings (SSSR count). The summed E-state index contributed by atoms with van der Waals surface area (Å²) in [5.74, 6) is 1.32. The van der Waals surface area contributed by atoms with Crippen molar-refractivity contribution in [3.05, 3.63) is 54.2 Å². The van der Waals surface area contributed by atoms with Crippen molar-refractivity contribution in [3.8, 4) is 0 Å². The van der Waals surface area contributed by atoms with E-state index in [0.717, 1.165) is 63.4 Å². The van der Waals surface area contributed by atoms with E-state index in [1.54, 1.807) is 12.5 Å². The van der Waals surface area contributed by atoms with Crippen LogP contribution >= 0.6 is 0 Å². The molecule has 2 saturated heterocycles. The van der Waals surface area contributed by atoms with Crippen LogP contribution in [0.25, 0.3) is 0 Å². The molecule has 4 heterocycles. The molecule has 0 bridgehead atoms. The van der Waals surface area contributed by atoms with Gasteiger partial charge in [-0.2, -0.15) is 0 Å². The lowest BCUT2D eigenvalue weighted by atomic mass is 9.94. The molecule has 0 saturated carbocycles. The highest BCUT2D eigenvalue weighted by Gasteiger charge is 2.31. The zero-order chi connectivity index (χ0) is 19.2. The predicted molar refractivity (Wildman–Crippen MR) is 105 cm³/mol. The molecule has 0 unspecified atom stereocenters. The molecule has 0 spiro atoms. The molecule has 2 fully saturated rings. The summed E-state index contributed by atoms with van der Waals surface area (Å²) in [6.45, 7) is 4.71. The number of piperidine rings is 1. The van der Waals surface area contributed by atoms with E-state index in [4.69, 9.17) is 9.15 Å². The molecule has 2 aliphatic rings. The summed E-state index contributed by atoms with van der Waals surface area (Å²) in [6.07, 6.45) is 7.57. The van der Waals surface area contributed by atoms with Crippen LogP contribution < -0.4 is 0 Å². The lowest BCUT2D eigenvalue weighted by Crippen LogP contribution is -2.44. The maximum absolute atomic E-state index is 13.3. The summed E-state index contributed by atoms with van der Waals surface area (Å²) in [7, 11) is 0. The molecule has 0 aliphatic carbocycles. The molecule has 0 aromatic carbocycles. The number of amides is 1. The van der Waals surface area contributed by atoms with E-state index in [0.29, 0.717) is 13.1 Å². The number of pyridine rings is 1. The first kappa shape index (κ1) is 19.2. The molecule has 6 nitrogen and oxygen atoms in total. The van der Waals surface area contributed by atoms with Crippen LogP contribution in [-0.2, 0) is 22.6 Å². The van der Waals surface area contributed by atoms with Gasteiger partial charge >= 0.3 is 0 Å². The second kappa shape index (κ2) is 9.34. The summed E-state index contributed by atoms with van der Waals surface area (Å²) in [4.78, 5) is 22.1. The average molecular weight is 383 g/mol. The van der Waals surface area contributed by atoms with Crippen molar-refractivity contribution in [2.24, 2.45) is 5.92 Å². The number of nitrogens with zero attached hydrogens (tertiary/aromatic N) is 3. The largest absolute Gasteiger partial charge is 0.468 e. The highest BCUT2D eigenvalue weighted by atomic mass is 16.5. The highest BCUT2D eigenvalue weighted by Crippen LogP contribution is 2.23. The summed E-state index contributed by atoms with van der Waals surface area (Å²) < 4.78 is 11.3. The first-order chi connectivity index (χ1) is 13.8. The SMILES string of the molecule is O=C(C1CCN(Cc2ccco2)CC1)N(Cc1ccccn1)C[C@@H]1CCCO1. The Labute approximate surface area is 166 Å². The number of carbonyl (C=O) groups excluding carboxylic acids is 1. The van der Waals surface area contributed by atoms with E-state index in [1.807, 2.05) is 35.2 Å². The van der Waals surface area contributed by atoms with E-state index in [-0.39, 0.29) is 17.9 Å². The summed E-state index contributed by atoms with van der Waals surface area (Å²) in [5, 5.41) is 0. The maximum Gasteiger partial charge on any atom is 0.226 e. The second-order valence-electron chi connectivity index (χ2n) is 7.80. The van der Waals surface area contributed by atoms with Crippen LogP contribution in [0.4, 0.5) is 0 Å². The van der Waals surface area contributed by atoms with Crippen LogP contribution in [-0.4, -0.2) is 53.0 Å². The number of likely N-dealkylation sites (tertiary alicyclic amines) is 1. The van der Waals surface area contributed by atoms with Gasteiger partial charge in [-0.3, -0.25) is 14.7 Å². The number of hydrogen-bond donors (Lipinski definition) is 0. The monoisotopic (exact) mass is 383 g/mol. The van der Waals surface area contributed by atoms with Crippen molar-refractivity contribution in [1.29, 1.82) is 0 Å². The molecule has 150 valence electrons. The van der Waals surface area contributed by atoms with Crippen molar-refractivity contribution in [2.75, 3.05) is 26.2 Å². The predicted octanol–water partition coefficient (Wildman–Crippen LogP) is 3.09.